The molecule has 2 amide bonds. The average Bonchev–Trinajstić information content (AvgIpc) is 2.68. The van der Waals surface area contributed by atoms with Gasteiger partial charge in [0.1, 0.15) is 5.75 Å². The number of rotatable bonds is 6. The van der Waals surface area contributed by atoms with E-state index in [1.165, 1.54) is 6.42 Å². The molecular formula is C21H23ClN2O3. The van der Waals surface area contributed by atoms with E-state index in [2.05, 4.69) is 10.6 Å². The number of halogens is 1. The van der Waals surface area contributed by atoms with Crippen molar-refractivity contribution in [1.29, 1.82) is 0 Å². The molecule has 0 heterocycles. The Balaban J connectivity index is 1.54. The van der Waals surface area contributed by atoms with Gasteiger partial charge in [-0.25, -0.2) is 0 Å². The molecule has 0 aliphatic heterocycles. The van der Waals surface area contributed by atoms with Crippen LogP contribution in [0.25, 0.3) is 0 Å². The van der Waals surface area contributed by atoms with Crippen LogP contribution >= 0.6 is 11.6 Å². The third kappa shape index (κ3) is 5.73. The van der Waals surface area contributed by atoms with Crippen LogP contribution in [0.1, 0.15) is 42.5 Å². The maximum Gasteiger partial charge on any atom is 0.262 e. The van der Waals surface area contributed by atoms with Gasteiger partial charge in [-0.2, -0.15) is 0 Å². The van der Waals surface area contributed by atoms with Gasteiger partial charge < -0.3 is 15.4 Å². The number of anilines is 1. The number of para-hydroxylation sites is 1. The summed E-state index contributed by atoms with van der Waals surface area (Å²) in [6.07, 6.45) is 5.62. The van der Waals surface area contributed by atoms with E-state index < -0.39 is 0 Å². The molecule has 5 nitrogen and oxygen atoms in total. The first-order valence-corrected chi connectivity index (χ1v) is 9.58. The molecule has 1 fully saturated rings. The fourth-order valence-electron chi connectivity index (χ4n) is 3.16. The SMILES string of the molecule is O=C(COc1ccccc1Cl)Nc1cccc(C(=O)NC2CCCCC2)c1. The van der Waals surface area contributed by atoms with Crippen LogP contribution < -0.4 is 15.4 Å². The van der Waals surface area contributed by atoms with E-state index in [9.17, 15) is 9.59 Å². The summed E-state index contributed by atoms with van der Waals surface area (Å²) in [4.78, 5) is 24.6. The van der Waals surface area contributed by atoms with Gasteiger partial charge in [0.15, 0.2) is 6.61 Å². The molecule has 0 unspecified atom stereocenters. The number of hydrogen-bond acceptors (Lipinski definition) is 3. The van der Waals surface area contributed by atoms with Crippen LogP contribution in [0.5, 0.6) is 5.75 Å². The highest BCUT2D eigenvalue weighted by molar-refractivity contribution is 6.32. The third-order valence-electron chi connectivity index (χ3n) is 4.54. The molecule has 2 N–H and O–H groups in total. The quantitative estimate of drug-likeness (QED) is 0.772. The summed E-state index contributed by atoms with van der Waals surface area (Å²) in [5.74, 6) is 0.0278. The highest BCUT2D eigenvalue weighted by Gasteiger charge is 2.17. The molecule has 0 aromatic heterocycles. The number of benzene rings is 2. The zero-order valence-electron chi connectivity index (χ0n) is 15.0. The monoisotopic (exact) mass is 386 g/mol. The van der Waals surface area contributed by atoms with Crippen LogP contribution in [-0.4, -0.2) is 24.5 Å². The molecule has 6 heteroatoms. The van der Waals surface area contributed by atoms with E-state index in [0.717, 1.165) is 25.7 Å². The van der Waals surface area contributed by atoms with Crippen LogP contribution in [0.3, 0.4) is 0 Å². The number of carbonyl (C=O) groups excluding carboxylic acids is 2. The predicted molar refractivity (Wildman–Crippen MR) is 106 cm³/mol. The second kappa shape index (κ2) is 9.42. The van der Waals surface area contributed by atoms with E-state index in [4.69, 9.17) is 16.3 Å². The van der Waals surface area contributed by atoms with Crippen LogP contribution in [0.15, 0.2) is 48.5 Å². The van der Waals surface area contributed by atoms with Gasteiger partial charge in [0.25, 0.3) is 11.8 Å². The fraction of sp³-hybridized carbons (Fsp3) is 0.333. The summed E-state index contributed by atoms with van der Waals surface area (Å²) in [5, 5.41) is 6.27. The number of ether oxygens (including phenoxy) is 1. The van der Waals surface area contributed by atoms with E-state index >= 15 is 0 Å². The molecule has 0 saturated heterocycles. The van der Waals surface area contributed by atoms with Crippen LogP contribution in [0.2, 0.25) is 5.02 Å². The number of amides is 2. The van der Waals surface area contributed by atoms with Gasteiger partial charge in [-0.15, -0.1) is 0 Å². The Morgan fingerprint density at radius 2 is 1.81 bits per heavy atom. The molecule has 0 spiro atoms. The van der Waals surface area contributed by atoms with Crippen molar-refractivity contribution < 1.29 is 14.3 Å². The number of carbonyl (C=O) groups is 2. The molecule has 1 aliphatic rings. The molecule has 27 heavy (non-hydrogen) atoms. The van der Waals surface area contributed by atoms with Crippen molar-refractivity contribution in [2.75, 3.05) is 11.9 Å². The summed E-state index contributed by atoms with van der Waals surface area (Å²) in [6.45, 7) is -0.164. The van der Waals surface area contributed by atoms with E-state index in [-0.39, 0.29) is 24.5 Å². The van der Waals surface area contributed by atoms with Crippen molar-refractivity contribution in [1.82, 2.24) is 5.32 Å². The van der Waals surface area contributed by atoms with Gasteiger partial charge in [-0.1, -0.05) is 49.1 Å². The Labute approximate surface area is 164 Å². The minimum absolute atomic E-state index is 0.106. The molecule has 1 saturated carbocycles. The summed E-state index contributed by atoms with van der Waals surface area (Å²) < 4.78 is 5.43. The normalized spacial score (nSPS) is 14.4. The van der Waals surface area contributed by atoms with Crippen molar-refractivity contribution >= 4 is 29.1 Å². The lowest BCUT2D eigenvalue weighted by molar-refractivity contribution is -0.118. The second-order valence-electron chi connectivity index (χ2n) is 6.66. The second-order valence-corrected chi connectivity index (χ2v) is 7.06. The van der Waals surface area contributed by atoms with Crippen molar-refractivity contribution in [3.63, 3.8) is 0 Å². The van der Waals surface area contributed by atoms with Gasteiger partial charge in [0, 0.05) is 17.3 Å². The van der Waals surface area contributed by atoms with Crippen LogP contribution in [0.4, 0.5) is 5.69 Å². The Morgan fingerprint density at radius 1 is 1.04 bits per heavy atom. The maximum atomic E-state index is 12.4. The zero-order chi connectivity index (χ0) is 19.1. The standard InChI is InChI=1S/C21H23ClN2O3/c22-18-11-4-5-12-19(18)27-14-20(25)23-17-10-6-7-15(13-17)21(26)24-16-8-2-1-3-9-16/h4-7,10-13,16H,1-3,8-9,14H2,(H,23,25)(H,24,26). The third-order valence-corrected chi connectivity index (χ3v) is 4.86. The molecule has 3 rings (SSSR count). The lowest BCUT2D eigenvalue weighted by Gasteiger charge is -2.22. The Kier molecular flexibility index (Phi) is 6.71. The average molecular weight is 387 g/mol. The van der Waals surface area contributed by atoms with Gasteiger partial charge >= 0.3 is 0 Å². The molecule has 0 atom stereocenters. The Morgan fingerprint density at radius 3 is 2.59 bits per heavy atom. The van der Waals surface area contributed by atoms with E-state index in [0.29, 0.717) is 22.0 Å². The number of hydrogen-bond donors (Lipinski definition) is 2. The smallest absolute Gasteiger partial charge is 0.262 e. The lowest BCUT2D eigenvalue weighted by Crippen LogP contribution is -2.36. The van der Waals surface area contributed by atoms with Gasteiger partial charge in [0.2, 0.25) is 0 Å². The molecule has 2 aromatic carbocycles. The topological polar surface area (TPSA) is 67.4 Å². The van der Waals surface area contributed by atoms with Gasteiger partial charge in [-0.05, 0) is 43.2 Å². The fourth-order valence-corrected chi connectivity index (χ4v) is 3.35. The largest absolute Gasteiger partial charge is 0.482 e. The van der Waals surface area contributed by atoms with Crippen molar-refractivity contribution in [3.05, 3.63) is 59.1 Å². The molecular weight excluding hydrogens is 364 g/mol. The molecule has 142 valence electrons. The predicted octanol–water partition coefficient (Wildman–Crippen LogP) is 4.42. The lowest BCUT2D eigenvalue weighted by atomic mass is 9.95. The first-order chi connectivity index (χ1) is 13.1. The summed E-state index contributed by atoms with van der Waals surface area (Å²) >= 11 is 6.00. The molecule has 0 radical (unpaired) electrons. The van der Waals surface area contributed by atoms with Gasteiger partial charge in [0.05, 0.1) is 5.02 Å². The zero-order valence-corrected chi connectivity index (χ0v) is 15.8. The summed E-state index contributed by atoms with van der Waals surface area (Å²) in [5.41, 5.74) is 1.09. The molecule has 0 bridgehead atoms. The minimum atomic E-state index is -0.320. The molecule has 1 aliphatic carbocycles. The van der Waals surface area contributed by atoms with Crippen molar-refractivity contribution in [2.45, 2.75) is 38.1 Å². The van der Waals surface area contributed by atoms with Gasteiger partial charge in [-0.3, -0.25) is 9.59 Å². The van der Waals surface area contributed by atoms with Crippen molar-refractivity contribution in [3.8, 4) is 5.75 Å². The maximum absolute atomic E-state index is 12.4. The van der Waals surface area contributed by atoms with E-state index in [1.54, 1.807) is 48.5 Å². The Bertz CT molecular complexity index is 804. The summed E-state index contributed by atoms with van der Waals surface area (Å²) in [7, 11) is 0. The molecule has 2 aromatic rings. The Hall–Kier alpha value is -2.53. The first-order valence-electron chi connectivity index (χ1n) is 9.20. The van der Waals surface area contributed by atoms with Crippen LogP contribution in [-0.2, 0) is 4.79 Å². The minimum Gasteiger partial charge on any atom is -0.482 e. The number of nitrogens with one attached hydrogen (secondary N) is 2. The highest BCUT2D eigenvalue weighted by Crippen LogP contribution is 2.23. The first kappa shape index (κ1) is 19.2. The summed E-state index contributed by atoms with van der Waals surface area (Å²) in [6, 6.07) is 14.1. The highest BCUT2D eigenvalue weighted by atomic mass is 35.5. The van der Waals surface area contributed by atoms with Crippen LogP contribution in [0, 0.1) is 0 Å². The van der Waals surface area contributed by atoms with E-state index in [1.807, 2.05) is 0 Å². The van der Waals surface area contributed by atoms with Crippen molar-refractivity contribution in [2.24, 2.45) is 0 Å².